The van der Waals surface area contributed by atoms with E-state index in [1.54, 1.807) is 13.2 Å². The van der Waals surface area contributed by atoms with Crippen molar-refractivity contribution in [3.05, 3.63) is 59.7 Å². The predicted molar refractivity (Wildman–Crippen MR) is 77.5 cm³/mol. The van der Waals surface area contributed by atoms with Gasteiger partial charge in [-0.2, -0.15) is 0 Å². The smallest absolute Gasteiger partial charge is 0.128 e. The molecular weight excluding hydrogens is 276 g/mol. The van der Waals surface area contributed by atoms with Crippen LogP contribution in [0, 0.1) is 11.6 Å². The van der Waals surface area contributed by atoms with Crippen molar-refractivity contribution in [2.45, 2.75) is 6.54 Å². The van der Waals surface area contributed by atoms with Crippen LogP contribution in [0.4, 0.5) is 14.5 Å². The van der Waals surface area contributed by atoms with Gasteiger partial charge in [-0.3, -0.25) is 0 Å². The minimum Gasteiger partial charge on any atom is -0.491 e. The largest absolute Gasteiger partial charge is 0.491 e. The zero-order valence-corrected chi connectivity index (χ0v) is 11.7. The molecule has 0 aromatic heterocycles. The first-order chi connectivity index (χ1) is 10.2. The van der Waals surface area contributed by atoms with E-state index in [0.717, 1.165) is 17.8 Å². The van der Waals surface area contributed by atoms with Gasteiger partial charge in [-0.15, -0.1) is 0 Å². The maximum atomic E-state index is 13.5. The van der Waals surface area contributed by atoms with Crippen LogP contribution < -0.4 is 10.1 Å². The Morgan fingerprint density at radius 3 is 2.71 bits per heavy atom. The maximum Gasteiger partial charge on any atom is 0.128 e. The second-order valence-corrected chi connectivity index (χ2v) is 4.46. The lowest BCUT2D eigenvalue weighted by molar-refractivity contribution is 0.146. The molecule has 0 aliphatic heterocycles. The van der Waals surface area contributed by atoms with Crippen LogP contribution in [0.3, 0.4) is 0 Å². The van der Waals surface area contributed by atoms with Crippen molar-refractivity contribution in [1.29, 1.82) is 0 Å². The highest BCUT2D eigenvalue weighted by Gasteiger charge is 2.04. The van der Waals surface area contributed by atoms with Gasteiger partial charge in [-0.05, 0) is 30.3 Å². The summed E-state index contributed by atoms with van der Waals surface area (Å²) < 4.78 is 37.0. The standard InChI is InChI=1S/C16H17F2NO2/c1-20-7-8-21-15-4-2-3-14(10-15)19-11-12-9-13(17)5-6-16(12)18/h2-6,9-10,19H,7-8,11H2,1H3. The number of hydrogen-bond donors (Lipinski definition) is 1. The zero-order chi connectivity index (χ0) is 15.1. The number of rotatable bonds is 7. The summed E-state index contributed by atoms with van der Waals surface area (Å²) in [5.74, 6) is -0.196. The summed E-state index contributed by atoms with van der Waals surface area (Å²) in [5.41, 5.74) is 1.05. The van der Waals surface area contributed by atoms with Gasteiger partial charge in [-0.25, -0.2) is 8.78 Å². The van der Waals surface area contributed by atoms with Crippen LogP contribution in [0.5, 0.6) is 5.75 Å². The lowest BCUT2D eigenvalue weighted by atomic mass is 10.2. The molecule has 21 heavy (non-hydrogen) atoms. The second kappa shape index (κ2) is 7.59. The van der Waals surface area contributed by atoms with Crippen LogP contribution in [0.1, 0.15) is 5.56 Å². The molecule has 0 fully saturated rings. The molecule has 0 spiro atoms. The van der Waals surface area contributed by atoms with E-state index in [2.05, 4.69) is 5.32 Å². The second-order valence-electron chi connectivity index (χ2n) is 4.46. The molecular formula is C16H17F2NO2. The van der Waals surface area contributed by atoms with Crippen LogP contribution >= 0.6 is 0 Å². The molecule has 0 atom stereocenters. The lowest BCUT2D eigenvalue weighted by Gasteiger charge is -2.10. The first kappa shape index (κ1) is 15.3. The molecule has 0 heterocycles. The molecule has 0 amide bonds. The summed E-state index contributed by atoms with van der Waals surface area (Å²) >= 11 is 0. The Morgan fingerprint density at radius 1 is 1.05 bits per heavy atom. The molecule has 0 bridgehead atoms. The van der Waals surface area contributed by atoms with Gasteiger partial charge in [0.15, 0.2) is 0 Å². The highest BCUT2D eigenvalue weighted by Crippen LogP contribution is 2.19. The molecule has 2 aromatic carbocycles. The first-order valence-corrected chi connectivity index (χ1v) is 6.58. The number of anilines is 1. The molecule has 1 N–H and O–H groups in total. The summed E-state index contributed by atoms with van der Waals surface area (Å²) in [6.45, 7) is 1.16. The van der Waals surface area contributed by atoms with Crippen molar-refractivity contribution in [3.63, 3.8) is 0 Å². The van der Waals surface area contributed by atoms with E-state index in [-0.39, 0.29) is 12.1 Å². The Labute approximate surface area is 122 Å². The first-order valence-electron chi connectivity index (χ1n) is 6.58. The van der Waals surface area contributed by atoms with Gasteiger partial charge in [-0.1, -0.05) is 6.07 Å². The molecule has 112 valence electrons. The summed E-state index contributed by atoms with van der Waals surface area (Å²) in [6, 6.07) is 10.7. The maximum absolute atomic E-state index is 13.5. The monoisotopic (exact) mass is 293 g/mol. The molecule has 3 nitrogen and oxygen atoms in total. The third-order valence-electron chi connectivity index (χ3n) is 2.88. The SMILES string of the molecule is COCCOc1cccc(NCc2cc(F)ccc2F)c1. The summed E-state index contributed by atoms with van der Waals surface area (Å²) in [5, 5.41) is 3.04. The molecule has 0 aliphatic carbocycles. The number of hydrogen-bond acceptors (Lipinski definition) is 3. The van der Waals surface area contributed by atoms with Crippen LogP contribution in [0.15, 0.2) is 42.5 Å². The Kier molecular flexibility index (Phi) is 5.51. The molecule has 0 unspecified atom stereocenters. The van der Waals surface area contributed by atoms with E-state index in [1.165, 1.54) is 6.07 Å². The fourth-order valence-corrected chi connectivity index (χ4v) is 1.81. The Hall–Kier alpha value is -2.14. The summed E-state index contributed by atoms with van der Waals surface area (Å²) in [4.78, 5) is 0. The van der Waals surface area contributed by atoms with Crippen LogP contribution in [0.2, 0.25) is 0 Å². The van der Waals surface area contributed by atoms with Crippen LogP contribution in [0.25, 0.3) is 0 Å². The molecule has 5 heteroatoms. The molecule has 2 rings (SSSR count). The Balaban J connectivity index is 1.96. The van der Waals surface area contributed by atoms with Crippen molar-refractivity contribution in [3.8, 4) is 5.75 Å². The van der Waals surface area contributed by atoms with Gasteiger partial charge < -0.3 is 14.8 Å². The van der Waals surface area contributed by atoms with Crippen molar-refractivity contribution >= 4 is 5.69 Å². The topological polar surface area (TPSA) is 30.5 Å². The van der Waals surface area contributed by atoms with Gasteiger partial charge in [0.1, 0.15) is 24.0 Å². The number of halogens is 2. The van der Waals surface area contributed by atoms with E-state index < -0.39 is 11.6 Å². The van der Waals surface area contributed by atoms with Gasteiger partial charge in [0.05, 0.1) is 6.61 Å². The lowest BCUT2D eigenvalue weighted by Crippen LogP contribution is -2.05. The number of methoxy groups -OCH3 is 1. The predicted octanol–water partition coefficient (Wildman–Crippen LogP) is 3.60. The summed E-state index contributed by atoms with van der Waals surface area (Å²) in [6.07, 6.45) is 0. The average Bonchev–Trinajstić information content (AvgIpc) is 2.49. The van der Waals surface area contributed by atoms with Crippen molar-refractivity contribution in [2.75, 3.05) is 25.6 Å². The average molecular weight is 293 g/mol. The highest BCUT2D eigenvalue weighted by molar-refractivity contribution is 5.48. The zero-order valence-electron chi connectivity index (χ0n) is 11.7. The van der Waals surface area contributed by atoms with Crippen molar-refractivity contribution in [2.24, 2.45) is 0 Å². The fraction of sp³-hybridized carbons (Fsp3) is 0.250. The number of nitrogens with one attached hydrogen (secondary N) is 1. The molecule has 2 aromatic rings. The van der Waals surface area contributed by atoms with E-state index in [1.807, 2.05) is 18.2 Å². The summed E-state index contributed by atoms with van der Waals surface area (Å²) in [7, 11) is 1.61. The van der Waals surface area contributed by atoms with Gasteiger partial charge >= 0.3 is 0 Å². The third kappa shape index (κ3) is 4.72. The van der Waals surface area contributed by atoms with Gasteiger partial charge in [0.25, 0.3) is 0 Å². The van der Waals surface area contributed by atoms with Gasteiger partial charge in [0.2, 0.25) is 0 Å². The molecule has 0 saturated carbocycles. The minimum absolute atomic E-state index is 0.200. The highest BCUT2D eigenvalue weighted by atomic mass is 19.1. The molecule has 0 aliphatic rings. The number of benzene rings is 2. The van der Waals surface area contributed by atoms with Crippen LogP contribution in [-0.4, -0.2) is 20.3 Å². The number of ether oxygens (including phenoxy) is 2. The third-order valence-corrected chi connectivity index (χ3v) is 2.88. The quantitative estimate of drug-likeness (QED) is 0.791. The van der Waals surface area contributed by atoms with Crippen molar-refractivity contribution in [1.82, 2.24) is 0 Å². The van der Waals surface area contributed by atoms with E-state index in [4.69, 9.17) is 9.47 Å². The normalized spacial score (nSPS) is 10.4. The minimum atomic E-state index is -0.454. The van der Waals surface area contributed by atoms with Crippen molar-refractivity contribution < 1.29 is 18.3 Å². The Bertz CT molecular complexity index is 590. The van der Waals surface area contributed by atoms with E-state index in [0.29, 0.717) is 19.0 Å². The molecule has 0 radical (unpaired) electrons. The molecule has 0 saturated heterocycles. The van der Waals surface area contributed by atoms with Crippen LogP contribution in [-0.2, 0) is 11.3 Å². The van der Waals surface area contributed by atoms with E-state index >= 15 is 0 Å². The van der Waals surface area contributed by atoms with E-state index in [9.17, 15) is 8.78 Å². The van der Waals surface area contributed by atoms with Gasteiger partial charge in [0, 0.05) is 31.0 Å². The Morgan fingerprint density at radius 2 is 1.90 bits per heavy atom. The fourth-order valence-electron chi connectivity index (χ4n) is 1.81.